The number of aromatic carboxylic acids is 1. The molecule has 5 nitrogen and oxygen atoms in total. The van der Waals surface area contributed by atoms with Crippen LogP contribution in [0.15, 0.2) is 42.5 Å². The van der Waals surface area contributed by atoms with Crippen LogP contribution in [0.25, 0.3) is 0 Å². The highest BCUT2D eigenvalue weighted by Crippen LogP contribution is 2.16. The molecule has 0 saturated carbocycles. The van der Waals surface area contributed by atoms with Crippen molar-refractivity contribution < 1.29 is 14.7 Å². The number of carbonyl (C=O) groups is 2. The monoisotopic (exact) mass is 276 g/mol. The lowest BCUT2D eigenvalue weighted by molar-refractivity contribution is 0.0690. The van der Waals surface area contributed by atoms with Gasteiger partial charge in [-0.1, -0.05) is 29.8 Å². The molecule has 0 spiro atoms. The van der Waals surface area contributed by atoms with E-state index in [1.807, 2.05) is 0 Å². The molecule has 96 valence electrons. The SMILES string of the molecule is O=C(O)c1cccc(NC(=O)c2ccccc2Cl)n1. The zero-order valence-electron chi connectivity index (χ0n) is 9.63. The smallest absolute Gasteiger partial charge is 0.354 e. The van der Waals surface area contributed by atoms with E-state index in [1.165, 1.54) is 18.2 Å². The molecular formula is C13H9ClN2O3. The number of nitrogens with one attached hydrogen (secondary N) is 1. The normalized spacial score (nSPS) is 9.95. The molecule has 0 radical (unpaired) electrons. The fraction of sp³-hybridized carbons (Fsp3) is 0. The van der Waals surface area contributed by atoms with Crippen molar-refractivity contribution in [3.05, 3.63) is 58.7 Å². The molecule has 0 aliphatic rings. The molecule has 0 saturated heterocycles. The third-order valence-electron chi connectivity index (χ3n) is 2.33. The number of nitrogens with zero attached hydrogens (tertiary/aromatic N) is 1. The summed E-state index contributed by atoms with van der Waals surface area (Å²) in [4.78, 5) is 26.5. The van der Waals surface area contributed by atoms with Crippen molar-refractivity contribution in [2.24, 2.45) is 0 Å². The van der Waals surface area contributed by atoms with E-state index in [4.69, 9.17) is 16.7 Å². The molecule has 0 fully saturated rings. The fourth-order valence-electron chi connectivity index (χ4n) is 1.45. The number of anilines is 1. The highest BCUT2D eigenvalue weighted by Gasteiger charge is 2.11. The van der Waals surface area contributed by atoms with Crippen molar-refractivity contribution in [3.63, 3.8) is 0 Å². The Hall–Kier alpha value is -2.40. The summed E-state index contributed by atoms with van der Waals surface area (Å²) < 4.78 is 0. The van der Waals surface area contributed by atoms with Gasteiger partial charge < -0.3 is 10.4 Å². The Labute approximate surface area is 113 Å². The van der Waals surface area contributed by atoms with Gasteiger partial charge >= 0.3 is 5.97 Å². The Morgan fingerprint density at radius 3 is 2.53 bits per heavy atom. The first-order valence-electron chi connectivity index (χ1n) is 5.34. The number of hydrogen-bond donors (Lipinski definition) is 2. The summed E-state index contributed by atoms with van der Waals surface area (Å²) in [6.45, 7) is 0. The van der Waals surface area contributed by atoms with E-state index < -0.39 is 11.9 Å². The second kappa shape index (κ2) is 5.49. The third-order valence-corrected chi connectivity index (χ3v) is 2.66. The third kappa shape index (κ3) is 3.08. The number of amides is 1. The molecule has 2 aromatic rings. The summed E-state index contributed by atoms with van der Waals surface area (Å²) in [6, 6.07) is 10.9. The second-order valence-corrected chi connectivity index (χ2v) is 4.05. The van der Waals surface area contributed by atoms with E-state index in [0.717, 1.165) is 0 Å². The summed E-state index contributed by atoms with van der Waals surface area (Å²) in [6.07, 6.45) is 0. The van der Waals surface area contributed by atoms with Gasteiger partial charge in [-0.15, -0.1) is 0 Å². The van der Waals surface area contributed by atoms with E-state index in [1.54, 1.807) is 24.3 Å². The molecule has 2 rings (SSSR count). The lowest BCUT2D eigenvalue weighted by atomic mass is 10.2. The van der Waals surface area contributed by atoms with Gasteiger partial charge in [-0.05, 0) is 24.3 Å². The van der Waals surface area contributed by atoms with Gasteiger partial charge in [0.15, 0.2) is 5.69 Å². The first kappa shape index (κ1) is 13.0. The summed E-state index contributed by atoms with van der Waals surface area (Å²) in [5.41, 5.74) is 0.156. The predicted octanol–water partition coefficient (Wildman–Crippen LogP) is 2.69. The van der Waals surface area contributed by atoms with Gasteiger partial charge in [-0.2, -0.15) is 0 Å². The van der Waals surface area contributed by atoms with Gasteiger partial charge in [0.25, 0.3) is 5.91 Å². The minimum Gasteiger partial charge on any atom is -0.477 e. The Kier molecular flexibility index (Phi) is 3.77. The number of carboxylic acids is 1. The molecule has 2 N–H and O–H groups in total. The van der Waals surface area contributed by atoms with Crippen LogP contribution in [0.4, 0.5) is 5.82 Å². The van der Waals surface area contributed by atoms with Crippen molar-refractivity contribution in [2.45, 2.75) is 0 Å². The van der Waals surface area contributed by atoms with Crippen LogP contribution in [0, 0.1) is 0 Å². The molecule has 0 bridgehead atoms. The van der Waals surface area contributed by atoms with Gasteiger partial charge in [0, 0.05) is 0 Å². The molecule has 6 heteroatoms. The standard InChI is InChI=1S/C13H9ClN2O3/c14-9-5-2-1-4-8(9)12(17)16-11-7-3-6-10(15-11)13(18)19/h1-7H,(H,18,19)(H,15,16,17). The molecule has 1 amide bonds. The average Bonchev–Trinajstić information content (AvgIpc) is 2.39. The number of pyridine rings is 1. The largest absolute Gasteiger partial charge is 0.477 e. The molecule has 19 heavy (non-hydrogen) atoms. The Morgan fingerprint density at radius 2 is 1.84 bits per heavy atom. The van der Waals surface area contributed by atoms with E-state index in [2.05, 4.69) is 10.3 Å². The minimum atomic E-state index is -1.16. The van der Waals surface area contributed by atoms with Gasteiger partial charge in [-0.25, -0.2) is 9.78 Å². The van der Waals surface area contributed by atoms with Crippen molar-refractivity contribution in [1.29, 1.82) is 0 Å². The molecule has 0 aliphatic carbocycles. The Balaban J connectivity index is 2.22. The number of carboxylic acid groups (broad SMARTS) is 1. The molecule has 0 atom stereocenters. The highest BCUT2D eigenvalue weighted by molar-refractivity contribution is 6.34. The van der Waals surface area contributed by atoms with Crippen LogP contribution in [0.1, 0.15) is 20.8 Å². The van der Waals surface area contributed by atoms with Crippen molar-refractivity contribution >= 4 is 29.3 Å². The van der Waals surface area contributed by atoms with Crippen LogP contribution in [-0.4, -0.2) is 22.0 Å². The summed E-state index contributed by atoms with van der Waals surface area (Å²) in [5.74, 6) is -1.45. The predicted molar refractivity (Wildman–Crippen MR) is 70.6 cm³/mol. The van der Waals surface area contributed by atoms with Crippen LogP contribution < -0.4 is 5.32 Å². The summed E-state index contributed by atoms with van der Waals surface area (Å²) in [5, 5.41) is 11.6. The molecule has 0 unspecified atom stereocenters. The first-order valence-corrected chi connectivity index (χ1v) is 5.72. The van der Waals surface area contributed by atoms with Crippen LogP contribution in [0.2, 0.25) is 5.02 Å². The summed E-state index contributed by atoms with van der Waals surface area (Å²) >= 11 is 5.89. The zero-order chi connectivity index (χ0) is 13.8. The zero-order valence-corrected chi connectivity index (χ0v) is 10.4. The molecule has 1 aromatic heterocycles. The number of aromatic nitrogens is 1. The van der Waals surface area contributed by atoms with Gasteiger partial charge in [-0.3, -0.25) is 4.79 Å². The van der Waals surface area contributed by atoms with Gasteiger partial charge in [0.2, 0.25) is 0 Å². The topological polar surface area (TPSA) is 79.3 Å². The van der Waals surface area contributed by atoms with Crippen LogP contribution in [0.3, 0.4) is 0 Å². The highest BCUT2D eigenvalue weighted by atomic mass is 35.5. The fourth-order valence-corrected chi connectivity index (χ4v) is 1.67. The van der Waals surface area contributed by atoms with E-state index in [-0.39, 0.29) is 11.5 Å². The van der Waals surface area contributed by atoms with Crippen molar-refractivity contribution in [2.75, 3.05) is 5.32 Å². The number of rotatable bonds is 3. The lowest BCUT2D eigenvalue weighted by Gasteiger charge is -2.06. The minimum absolute atomic E-state index is 0.142. The van der Waals surface area contributed by atoms with Gasteiger partial charge in [0.1, 0.15) is 5.82 Å². The molecule has 1 heterocycles. The molecule has 1 aromatic carbocycles. The maximum Gasteiger partial charge on any atom is 0.354 e. The lowest BCUT2D eigenvalue weighted by Crippen LogP contribution is -2.14. The van der Waals surface area contributed by atoms with Crippen molar-refractivity contribution in [1.82, 2.24) is 4.98 Å². The van der Waals surface area contributed by atoms with Crippen LogP contribution in [0.5, 0.6) is 0 Å². The number of halogens is 1. The molecule has 0 aliphatic heterocycles. The van der Waals surface area contributed by atoms with Gasteiger partial charge in [0.05, 0.1) is 10.6 Å². The number of benzene rings is 1. The second-order valence-electron chi connectivity index (χ2n) is 3.65. The van der Waals surface area contributed by atoms with Crippen molar-refractivity contribution in [3.8, 4) is 0 Å². The maximum absolute atomic E-state index is 11.9. The Morgan fingerprint density at radius 1 is 1.11 bits per heavy atom. The Bertz CT molecular complexity index is 643. The van der Waals surface area contributed by atoms with Crippen LogP contribution in [-0.2, 0) is 0 Å². The summed E-state index contributed by atoms with van der Waals surface area (Å²) in [7, 11) is 0. The number of carbonyl (C=O) groups excluding carboxylic acids is 1. The first-order chi connectivity index (χ1) is 9.08. The van der Waals surface area contributed by atoms with E-state index in [0.29, 0.717) is 10.6 Å². The number of hydrogen-bond acceptors (Lipinski definition) is 3. The van der Waals surface area contributed by atoms with Crippen LogP contribution >= 0.6 is 11.6 Å². The molecular weight excluding hydrogens is 268 g/mol. The average molecular weight is 277 g/mol. The van der Waals surface area contributed by atoms with E-state index >= 15 is 0 Å². The van der Waals surface area contributed by atoms with E-state index in [9.17, 15) is 9.59 Å². The maximum atomic E-state index is 11.9. The quantitative estimate of drug-likeness (QED) is 0.903.